The van der Waals surface area contributed by atoms with Gasteiger partial charge >= 0.3 is 0 Å². The van der Waals surface area contributed by atoms with Crippen LogP contribution < -0.4 is 0 Å². The molecule has 0 aliphatic rings. The van der Waals surface area contributed by atoms with Gasteiger partial charge in [0.2, 0.25) is 0 Å². The first-order chi connectivity index (χ1) is 29.2. The predicted molar refractivity (Wildman–Crippen MR) is 244 cm³/mol. The number of para-hydroxylation sites is 2. The van der Waals surface area contributed by atoms with Crippen molar-refractivity contribution in [2.75, 3.05) is 0 Å². The highest BCUT2D eigenvalue weighted by Crippen LogP contribution is 2.41. The van der Waals surface area contributed by atoms with Gasteiger partial charge in [0, 0.05) is 21.9 Å². The van der Waals surface area contributed by atoms with E-state index < -0.39 is 0 Å². The normalized spacial score (nSPS) is 11.7. The lowest BCUT2D eigenvalue weighted by Gasteiger charge is -2.15. The van der Waals surface area contributed by atoms with Gasteiger partial charge in [0.05, 0.1) is 5.56 Å². The summed E-state index contributed by atoms with van der Waals surface area (Å²) in [7, 11) is 0. The second-order valence-electron chi connectivity index (χ2n) is 15.1. The van der Waals surface area contributed by atoms with E-state index in [1.165, 1.54) is 21.5 Å². The van der Waals surface area contributed by atoms with Crippen LogP contribution in [0.5, 0.6) is 0 Å². The highest BCUT2D eigenvalue weighted by Gasteiger charge is 2.21. The van der Waals surface area contributed by atoms with E-state index in [0.29, 0.717) is 17.5 Å². The lowest BCUT2D eigenvalue weighted by atomic mass is 9.93. The zero-order valence-electron chi connectivity index (χ0n) is 31.8. The molecule has 59 heavy (non-hydrogen) atoms. The molecule has 2 aromatic heterocycles. The third-order valence-electron chi connectivity index (χ3n) is 11.7. The van der Waals surface area contributed by atoms with Gasteiger partial charge < -0.3 is 4.42 Å². The molecular weight excluding hydrogens is 719 g/mol. The molecule has 4 nitrogen and oxygen atoms in total. The average Bonchev–Trinajstić information content (AvgIpc) is 3.69. The van der Waals surface area contributed by atoms with Crippen LogP contribution in [-0.4, -0.2) is 15.0 Å². The maximum Gasteiger partial charge on any atom is 0.167 e. The van der Waals surface area contributed by atoms with Gasteiger partial charge in [0.1, 0.15) is 11.2 Å². The molecule has 0 amide bonds. The minimum atomic E-state index is 0.556. The van der Waals surface area contributed by atoms with Crippen molar-refractivity contribution in [2.24, 2.45) is 0 Å². The Morgan fingerprint density at radius 1 is 0.271 bits per heavy atom. The SMILES string of the molecule is c1ccc2cc(-c3ccc(-c4nc(-c5ccc(-c6ccc7ccccc7c6)c6ccccc56)nc(-c5cccc6c5oc5ccccc56)n4)c4ccccc34)ccc2c1. The molecule has 0 aliphatic heterocycles. The molecule has 0 aliphatic carbocycles. The number of aromatic nitrogens is 3. The first-order valence-corrected chi connectivity index (χ1v) is 19.9. The first kappa shape index (κ1) is 33.2. The first-order valence-electron chi connectivity index (χ1n) is 19.9. The number of hydrogen-bond acceptors (Lipinski definition) is 4. The van der Waals surface area contributed by atoms with Crippen molar-refractivity contribution in [3.05, 3.63) is 200 Å². The Hall–Kier alpha value is -7.95. The van der Waals surface area contributed by atoms with Crippen molar-refractivity contribution < 1.29 is 4.42 Å². The Balaban J connectivity index is 1.09. The molecule has 10 aromatic carbocycles. The zero-order valence-corrected chi connectivity index (χ0v) is 31.8. The molecule has 2 heterocycles. The van der Waals surface area contributed by atoms with E-state index in [-0.39, 0.29) is 0 Å². The molecule has 0 radical (unpaired) electrons. The fourth-order valence-corrected chi connectivity index (χ4v) is 8.87. The quantitative estimate of drug-likeness (QED) is 0.176. The Morgan fingerprint density at radius 2 is 0.678 bits per heavy atom. The van der Waals surface area contributed by atoms with Crippen LogP contribution in [0.3, 0.4) is 0 Å². The van der Waals surface area contributed by atoms with Crippen molar-refractivity contribution >= 4 is 65.0 Å². The van der Waals surface area contributed by atoms with E-state index in [4.69, 9.17) is 19.4 Å². The highest BCUT2D eigenvalue weighted by atomic mass is 16.3. The van der Waals surface area contributed by atoms with Gasteiger partial charge in [0.15, 0.2) is 17.5 Å². The van der Waals surface area contributed by atoms with E-state index in [9.17, 15) is 0 Å². The van der Waals surface area contributed by atoms with E-state index >= 15 is 0 Å². The van der Waals surface area contributed by atoms with Gasteiger partial charge in [0.25, 0.3) is 0 Å². The summed E-state index contributed by atoms with van der Waals surface area (Å²) < 4.78 is 6.56. The summed E-state index contributed by atoms with van der Waals surface area (Å²) in [5.41, 5.74) is 8.92. The van der Waals surface area contributed by atoms with Crippen molar-refractivity contribution in [1.29, 1.82) is 0 Å². The minimum Gasteiger partial charge on any atom is -0.455 e. The fourth-order valence-electron chi connectivity index (χ4n) is 8.87. The van der Waals surface area contributed by atoms with Crippen LogP contribution in [0, 0.1) is 0 Å². The molecule has 12 aromatic rings. The fraction of sp³-hybridized carbons (Fsp3) is 0. The second-order valence-corrected chi connectivity index (χ2v) is 15.1. The van der Waals surface area contributed by atoms with Crippen LogP contribution in [0.25, 0.3) is 121 Å². The summed E-state index contributed by atoms with van der Waals surface area (Å²) in [4.78, 5) is 16.0. The molecule has 0 N–H and O–H groups in total. The van der Waals surface area contributed by atoms with Crippen LogP contribution >= 0.6 is 0 Å². The molecule has 0 spiro atoms. The lowest BCUT2D eigenvalue weighted by Crippen LogP contribution is -2.01. The Bertz CT molecular complexity index is 3460. The molecule has 0 bridgehead atoms. The molecule has 4 heteroatoms. The van der Waals surface area contributed by atoms with Gasteiger partial charge in [-0.05, 0) is 102 Å². The maximum atomic E-state index is 6.56. The van der Waals surface area contributed by atoms with Gasteiger partial charge in [-0.1, -0.05) is 164 Å². The van der Waals surface area contributed by atoms with Crippen molar-refractivity contribution in [3.63, 3.8) is 0 Å². The van der Waals surface area contributed by atoms with Gasteiger partial charge in [-0.25, -0.2) is 15.0 Å². The van der Waals surface area contributed by atoms with Crippen LogP contribution in [-0.2, 0) is 0 Å². The minimum absolute atomic E-state index is 0.556. The summed E-state index contributed by atoms with van der Waals surface area (Å²) in [6.45, 7) is 0. The number of furan rings is 1. The third-order valence-corrected chi connectivity index (χ3v) is 11.7. The molecule has 0 unspecified atom stereocenters. The van der Waals surface area contributed by atoms with E-state index in [2.05, 4.69) is 182 Å². The summed E-state index contributed by atoms with van der Waals surface area (Å²) >= 11 is 0. The van der Waals surface area contributed by atoms with E-state index in [1.807, 2.05) is 18.2 Å². The number of nitrogens with zero attached hydrogens (tertiary/aromatic N) is 3. The predicted octanol–water partition coefficient (Wildman–Crippen LogP) is 14.7. The maximum absolute atomic E-state index is 6.56. The van der Waals surface area contributed by atoms with E-state index in [0.717, 1.165) is 82.4 Å². The van der Waals surface area contributed by atoms with Gasteiger partial charge in [-0.2, -0.15) is 0 Å². The molecular formula is C55H33N3O. The molecule has 0 saturated heterocycles. The number of fused-ring (bicyclic) bond motifs is 7. The largest absolute Gasteiger partial charge is 0.455 e. The molecule has 0 saturated carbocycles. The second kappa shape index (κ2) is 13.3. The standard InChI is InChI=1S/C55H33N3O/c1-3-14-36-32-38(26-24-34(36)12-1)40-28-30-48(44-18-7-5-16-42(40)44)53-56-54(58-55(57-53)50-22-11-21-47-46-20-9-10-23-51(46)59-52(47)50)49-31-29-41(43-17-6-8-19-45(43)49)39-27-25-35-13-2-4-15-37(35)33-39/h1-33H. The van der Waals surface area contributed by atoms with Crippen LogP contribution in [0.4, 0.5) is 0 Å². The van der Waals surface area contributed by atoms with Crippen molar-refractivity contribution in [3.8, 4) is 56.4 Å². The summed E-state index contributed by atoms with van der Waals surface area (Å²) in [6, 6.07) is 70.6. The van der Waals surface area contributed by atoms with Crippen LogP contribution in [0.15, 0.2) is 205 Å². The molecule has 274 valence electrons. The lowest BCUT2D eigenvalue weighted by molar-refractivity contribution is 0.669. The van der Waals surface area contributed by atoms with Gasteiger partial charge in [-0.15, -0.1) is 0 Å². The number of hydrogen-bond donors (Lipinski definition) is 0. The third kappa shape index (κ3) is 5.49. The summed E-state index contributed by atoms with van der Waals surface area (Å²) in [6.07, 6.45) is 0. The van der Waals surface area contributed by atoms with Crippen LogP contribution in [0.2, 0.25) is 0 Å². The Kier molecular flexibility index (Phi) is 7.50. The molecule has 12 rings (SSSR count). The Morgan fingerprint density at radius 3 is 1.22 bits per heavy atom. The smallest absolute Gasteiger partial charge is 0.167 e. The zero-order chi connectivity index (χ0) is 38.9. The van der Waals surface area contributed by atoms with Crippen molar-refractivity contribution in [1.82, 2.24) is 15.0 Å². The van der Waals surface area contributed by atoms with Gasteiger partial charge in [-0.3, -0.25) is 0 Å². The summed E-state index contributed by atoms with van der Waals surface area (Å²) in [5.74, 6) is 1.75. The number of rotatable bonds is 5. The topological polar surface area (TPSA) is 51.8 Å². The van der Waals surface area contributed by atoms with Crippen LogP contribution in [0.1, 0.15) is 0 Å². The van der Waals surface area contributed by atoms with E-state index in [1.54, 1.807) is 0 Å². The monoisotopic (exact) mass is 751 g/mol. The number of benzene rings is 10. The summed E-state index contributed by atoms with van der Waals surface area (Å²) in [5, 5.41) is 11.4. The highest BCUT2D eigenvalue weighted by molar-refractivity contribution is 6.10. The molecule has 0 fully saturated rings. The van der Waals surface area contributed by atoms with Crippen molar-refractivity contribution in [2.45, 2.75) is 0 Å². The average molecular weight is 752 g/mol. The Labute approximate surface area is 339 Å². The molecule has 0 atom stereocenters.